The Morgan fingerprint density at radius 2 is 2.04 bits per heavy atom. The van der Waals surface area contributed by atoms with Crippen LogP contribution in [-0.4, -0.2) is 54.6 Å². The topological polar surface area (TPSA) is 79.4 Å². The monoisotopic (exact) mass is 329 g/mol. The number of nitrogens with one attached hydrogen (secondary N) is 2. The van der Waals surface area contributed by atoms with Crippen molar-refractivity contribution in [2.24, 2.45) is 0 Å². The van der Waals surface area contributed by atoms with E-state index in [-0.39, 0.29) is 5.97 Å². The van der Waals surface area contributed by atoms with Crippen molar-refractivity contribution in [1.82, 2.24) is 14.9 Å². The van der Waals surface area contributed by atoms with Gasteiger partial charge in [-0.3, -0.25) is 0 Å². The van der Waals surface area contributed by atoms with Gasteiger partial charge >= 0.3 is 5.97 Å². The number of carbonyl (C=O) groups is 1. The first kappa shape index (κ1) is 17.7. The number of esters is 1. The van der Waals surface area contributed by atoms with Crippen molar-refractivity contribution in [2.75, 3.05) is 44.4 Å². The van der Waals surface area contributed by atoms with Gasteiger partial charge in [0.1, 0.15) is 5.82 Å². The second-order valence-corrected chi connectivity index (χ2v) is 5.39. The normalized spacial score (nSPS) is 10.5. The molecule has 24 heavy (non-hydrogen) atoms. The molecule has 0 fully saturated rings. The predicted octanol–water partition coefficient (Wildman–Crippen LogP) is 2.37. The molecule has 7 nitrogen and oxygen atoms in total. The summed E-state index contributed by atoms with van der Waals surface area (Å²) < 4.78 is 5.07. The minimum atomic E-state index is -0.374. The molecule has 0 aliphatic heterocycles. The number of hydrogen-bond acceptors (Lipinski definition) is 7. The maximum absolute atomic E-state index is 12.0. The summed E-state index contributed by atoms with van der Waals surface area (Å²) in [6.07, 6.45) is 1.67. The number of anilines is 3. The smallest absolute Gasteiger partial charge is 0.340 e. The molecule has 2 N–H and O–H groups in total. The average Bonchev–Trinajstić information content (AvgIpc) is 2.55. The molecule has 7 heteroatoms. The van der Waals surface area contributed by atoms with Gasteiger partial charge in [-0.1, -0.05) is 12.1 Å². The SMILES string of the molecule is CCOC(=O)c1ccccc1Nc1nccc(NCCN(C)C)n1. The van der Waals surface area contributed by atoms with E-state index in [1.807, 2.05) is 20.2 Å². The zero-order valence-electron chi connectivity index (χ0n) is 14.2. The van der Waals surface area contributed by atoms with Gasteiger partial charge in [-0.2, -0.15) is 4.98 Å². The summed E-state index contributed by atoms with van der Waals surface area (Å²) in [5.41, 5.74) is 1.07. The second kappa shape index (κ2) is 8.83. The molecule has 1 aromatic carbocycles. The minimum Gasteiger partial charge on any atom is -0.462 e. The Labute approximate surface area is 142 Å². The highest BCUT2D eigenvalue weighted by atomic mass is 16.5. The molecule has 0 atom stereocenters. The highest BCUT2D eigenvalue weighted by molar-refractivity contribution is 5.96. The molecular formula is C17H23N5O2. The molecule has 0 amide bonds. The van der Waals surface area contributed by atoms with Gasteiger partial charge in [0.2, 0.25) is 5.95 Å². The standard InChI is InChI=1S/C17H23N5O2/c1-4-24-16(23)13-7-5-6-8-14(13)20-17-19-10-9-15(21-17)18-11-12-22(2)3/h5-10H,4,11-12H2,1-3H3,(H2,18,19,20,21). The number of hydrogen-bond donors (Lipinski definition) is 2. The molecule has 0 saturated heterocycles. The van der Waals surface area contributed by atoms with E-state index < -0.39 is 0 Å². The summed E-state index contributed by atoms with van der Waals surface area (Å²) in [4.78, 5) is 22.7. The quantitative estimate of drug-likeness (QED) is 0.720. The summed E-state index contributed by atoms with van der Waals surface area (Å²) in [6.45, 7) is 3.79. The zero-order valence-corrected chi connectivity index (χ0v) is 14.2. The maximum Gasteiger partial charge on any atom is 0.340 e. The minimum absolute atomic E-state index is 0.328. The highest BCUT2D eigenvalue weighted by Gasteiger charge is 2.12. The molecule has 0 unspecified atom stereocenters. The van der Waals surface area contributed by atoms with Crippen LogP contribution in [0.4, 0.5) is 17.5 Å². The molecule has 1 heterocycles. The number of rotatable bonds is 8. The van der Waals surface area contributed by atoms with Crippen molar-refractivity contribution in [3.63, 3.8) is 0 Å². The Bertz CT molecular complexity index is 676. The number of nitrogens with zero attached hydrogens (tertiary/aromatic N) is 3. The summed E-state index contributed by atoms with van der Waals surface area (Å²) in [7, 11) is 4.03. The van der Waals surface area contributed by atoms with Crippen LogP contribution in [0, 0.1) is 0 Å². The molecule has 0 aliphatic rings. The lowest BCUT2D eigenvalue weighted by atomic mass is 10.2. The number of aromatic nitrogens is 2. The van der Waals surface area contributed by atoms with Gasteiger partial charge in [0.05, 0.1) is 17.9 Å². The molecule has 0 aliphatic carbocycles. The Balaban J connectivity index is 2.10. The molecular weight excluding hydrogens is 306 g/mol. The van der Waals surface area contributed by atoms with Crippen LogP contribution in [0.25, 0.3) is 0 Å². The second-order valence-electron chi connectivity index (χ2n) is 5.39. The van der Waals surface area contributed by atoms with Crippen LogP contribution < -0.4 is 10.6 Å². The maximum atomic E-state index is 12.0. The Morgan fingerprint density at radius 3 is 2.79 bits per heavy atom. The van der Waals surface area contributed by atoms with Crippen molar-refractivity contribution < 1.29 is 9.53 Å². The van der Waals surface area contributed by atoms with Crippen molar-refractivity contribution >= 4 is 23.4 Å². The number of benzene rings is 1. The summed E-state index contributed by atoms with van der Waals surface area (Å²) >= 11 is 0. The van der Waals surface area contributed by atoms with Gasteiger partial charge in [0.15, 0.2) is 0 Å². The van der Waals surface area contributed by atoms with Gasteiger partial charge in [0, 0.05) is 19.3 Å². The predicted molar refractivity (Wildman–Crippen MR) is 94.8 cm³/mol. The Hall–Kier alpha value is -2.67. The summed E-state index contributed by atoms with van der Waals surface area (Å²) in [5, 5.41) is 6.31. The van der Waals surface area contributed by atoms with Gasteiger partial charge < -0.3 is 20.3 Å². The van der Waals surface area contributed by atoms with Gasteiger partial charge in [-0.05, 0) is 39.2 Å². The van der Waals surface area contributed by atoms with E-state index in [1.165, 1.54) is 0 Å². The largest absolute Gasteiger partial charge is 0.462 e. The fraction of sp³-hybridized carbons (Fsp3) is 0.353. The molecule has 0 radical (unpaired) electrons. The molecule has 0 spiro atoms. The fourth-order valence-electron chi connectivity index (χ4n) is 2.02. The lowest BCUT2D eigenvalue weighted by Gasteiger charge is -2.12. The molecule has 2 aromatic rings. The summed E-state index contributed by atoms with van der Waals surface area (Å²) in [5.74, 6) is 0.769. The van der Waals surface area contributed by atoms with E-state index in [0.29, 0.717) is 23.8 Å². The third kappa shape index (κ3) is 5.20. The Morgan fingerprint density at radius 1 is 1.25 bits per heavy atom. The van der Waals surface area contributed by atoms with Crippen LogP contribution in [0.1, 0.15) is 17.3 Å². The number of ether oxygens (including phenoxy) is 1. The van der Waals surface area contributed by atoms with Crippen LogP contribution in [0.3, 0.4) is 0 Å². The zero-order chi connectivity index (χ0) is 17.4. The first-order chi connectivity index (χ1) is 11.6. The van der Waals surface area contributed by atoms with Gasteiger partial charge in [0.25, 0.3) is 0 Å². The first-order valence-corrected chi connectivity index (χ1v) is 7.85. The van der Waals surface area contributed by atoms with E-state index >= 15 is 0 Å². The molecule has 128 valence electrons. The number of carbonyl (C=O) groups excluding carboxylic acids is 1. The van der Waals surface area contributed by atoms with Crippen LogP contribution in [0.2, 0.25) is 0 Å². The lowest BCUT2D eigenvalue weighted by Crippen LogP contribution is -2.21. The lowest BCUT2D eigenvalue weighted by molar-refractivity contribution is 0.0527. The molecule has 1 aromatic heterocycles. The van der Waals surface area contributed by atoms with Crippen molar-refractivity contribution in [2.45, 2.75) is 6.92 Å². The van der Waals surface area contributed by atoms with Crippen LogP contribution >= 0.6 is 0 Å². The fourth-order valence-corrected chi connectivity index (χ4v) is 2.02. The van der Waals surface area contributed by atoms with Crippen LogP contribution in [0.5, 0.6) is 0 Å². The number of para-hydroxylation sites is 1. The van der Waals surface area contributed by atoms with E-state index in [4.69, 9.17) is 4.74 Å². The van der Waals surface area contributed by atoms with E-state index in [1.54, 1.807) is 37.4 Å². The molecule has 0 bridgehead atoms. The number of likely N-dealkylation sites (N-methyl/N-ethyl adjacent to an activating group) is 1. The van der Waals surface area contributed by atoms with E-state index in [0.717, 1.165) is 18.9 Å². The average molecular weight is 329 g/mol. The van der Waals surface area contributed by atoms with Gasteiger partial charge in [-0.25, -0.2) is 9.78 Å². The first-order valence-electron chi connectivity index (χ1n) is 7.85. The van der Waals surface area contributed by atoms with Crippen molar-refractivity contribution in [3.8, 4) is 0 Å². The highest BCUT2D eigenvalue weighted by Crippen LogP contribution is 2.20. The Kier molecular flexibility index (Phi) is 6.51. The van der Waals surface area contributed by atoms with Crippen LogP contribution in [-0.2, 0) is 4.74 Å². The third-order valence-electron chi connectivity index (χ3n) is 3.19. The third-order valence-corrected chi connectivity index (χ3v) is 3.19. The van der Waals surface area contributed by atoms with E-state index in [9.17, 15) is 4.79 Å². The van der Waals surface area contributed by atoms with Crippen molar-refractivity contribution in [3.05, 3.63) is 42.1 Å². The van der Waals surface area contributed by atoms with Crippen LogP contribution in [0.15, 0.2) is 36.5 Å². The summed E-state index contributed by atoms with van der Waals surface area (Å²) in [6, 6.07) is 8.93. The molecule has 0 saturated carbocycles. The molecule has 2 rings (SSSR count). The van der Waals surface area contributed by atoms with E-state index in [2.05, 4.69) is 25.5 Å². The van der Waals surface area contributed by atoms with Crippen molar-refractivity contribution in [1.29, 1.82) is 0 Å². The van der Waals surface area contributed by atoms with Gasteiger partial charge in [-0.15, -0.1) is 0 Å².